The third kappa shape index (κ3) is 2.84. The molecule has 1 atom stereocenters. The van der Waals surface area contributed by atoms with Gasteiger partial charge in [0.05, 0.1) is 22.8 Å². The molecule has 1 aromatic rings. The zero-order valence-corrected chi connectivity index (χ0v) is 9.31. The summed E-state index contributed by atoms with van der Waals surface area (Å²) in [5.41, 5.74) is 0.505. The molecule has 15 heavy (non-hydrogen) atoms. The first kappa shape index (κ1) is 10.7. The Bertz CT molecular complexity index is 391. The zero-order valence-electron chi connectivity index (χ0n) is 7.80. The Morgan fingerprint density at radius 2 is 2.20 bits per heavy atom. The average molecular weight is 246 g/mol. The van der Waals surface area contributed by atoms with Crippen LogP contribution in [0.15, 0.2) is 18.2 Å². The van der Waals surface area contributed by atoms with Crippen LogP contribution in [-0.2, 0) is 4.74 Å². The van der Waals surface area contributed by atoms with E-state index in [1.807, 2.05) is 0 Å². The molecule has 0 radical (unpaired) electrons. The molecule has 0 unspecified atom stereocenters. The van der Waals surface area contributed by atoms with E-state index in [1.54, 1.807) is 18.2 Å². The number of nitrogens with one attached hydrogen (secondary N) is 1. The molecule has 1 amide bonds. The summed E-state index contributed by atoms with van der Waals surface area (Å²) in [5, 5.41) is 3.57. The van der Waals surface area contributed by atoms with E-state index in [-0.39, 0.29) is 12.0 Å². The van der Waals surface area contributed by atoms with Crippen molar-refractivity contribution in [3.63, 3.8) is 0 Å². The molecule has 1 N–H and O–H groups in total. The predicted molar refractivity (Wildman–Crippen MR) is 58.5 cm³/mol. The van der Waals surface area contributed by atoms with Gasteiger partial charge in [-0.05, 0) is 18.2 Å². The SMILES string of the molecule is O=C(NC[C@H]1CO1)c1ccc(Cl)c(Cl)c1. The number of epoxide rings is 1. The van der Waals surface area contributed by atoms with Gasteiger partial charge in [0.2, 0.25) is 0 Å². The predicted octanol–water partition coefficient (Wildman–Crippen LogP) is 2.12. The Labute approximate surface area is 97.3 Å². The van der Waals surface area contributed by atoms with E-state index in [1.165, 1.54) is 0 Å². The standard InChI is InChI=1S/C10H9Cl2NO2/c11-8-2-1-6(3-9(8)12)10(14)13-4-7-5-15-7/h1-3,7H,4-5H2,(H,13,14)/t7-/m0/s1. The van der Waals surface area contributed by atoms with Crippen LogP contribution in [0.1, 0.15) is 10.4 Å². The van der Waals surface area contributed by atoms with Crippen molar-refractivity contribution >= 4 is 29.1 Å². The van der Waals surface area contributed by atoms with E-state index in [0.29, 0.717) is 22.2 Å². The highest BCUT2D eigenvalue weighted by Crippen LogP contribution is 2.22. The minimum absolute atomic E-state index is 0.163. The Morgan fingerprint density at radius 3 is 2.80 bits per heavy atom. The molecule has 1 fully saturated rings. The summed E-state index contributed by atoms with van der Waals surface area (Å²) in [6.07, 6.45) is 0.178. The molecule has 5 heteroatoms. The molecule has 1 heterocycles. The first-order valence-corrected chi connectivity index (χ1v) is 5.27. The van der Waals surface area contributed by atoms with Gasteiger partial charge in [-0.15, -0.1) is 0 Å². The molecule has 1 aliphatic heterocycles. The lowest BCUT2D eigenvalue weighted by atomic mass is 10.2. The molecule has 1 aliphatic rings. The number of halogens is 2. The van der Waals surface area contributed by atoms with Crippen molar-refractivity contribution in [2.45, 2.75) is 6.10 Å². The summed E-state index contributed by atoms with van der Waals surface area (Å²) >= 11 is 11.5. The summed E-state index contributed by atoms with van der Waals surface area (Å²) in [7, 11) is 0. The summed E-state index contributed by atoms with van der Waals surface area (Å²) in [4.78, 5) is 11.6. The van der Waals surface area contributed by atoms with Crippen molar-refractivity contribution in [3.05, 3.63) is 33.8 Å². The highest BCUT2D eigenvalue weighted by atomic mass is 35.5. The Kier molecular flexibility index (Phi) is 3.14. The third-order valence-corrected chi connectivity index (χ3v) is 2.81. The maximum absolute atomic E-state index is 11.6. The minimum Gasteiger partial charge on any atom is -0.371 e. The molecular formula is C10H9Cl2NO2. The van der Waals surface area contributed by atoms with Crippen molar-refractivity contribution in [2.75, 3.05) is 13.2 Å². The number of ether oxygens (including phenoxy) is 1. The summed E-state index contributed by atoms with van der Waals surface area (Å²) < 4.78 is 4.98. The largest absolute Gasteiger partial charge is 0.371 e. The molecule has 0 spiro atoms. The molecule has 2 rings (SSSR count). The molecule has 3 nitrogen and oxygen atoms in total. The Morgan fingerprint density at radius 1 is 1.47 bits per heavy atom. The average Bonchev–Trinajstić information content (AvgIpc) is 3.02. The molecule has 1 saturated heterocycles. The maximum Gasteiger partial charge on any atom is 0.251 e. The van der Waals surface area contributed by atoms with Crippen LogP contribution in [0.25, 0.3) is 0 Å². The van der Waals surface area contributed by atoms with E-state index in [4.69, 9.17) is 27.9 Å². The monoisotopic (exact) mass is 245 g/mol. The van der Waals surface area contributed by atoms with E-state index in [0.717, 1.165) is 6.61 Å². The second-order valence-electron chi connectivity index (χ2n) is 3.29. The fourth-order valence-electron chi connectivity index (χ4n) is 1.13. The second-order valence-corrected chi connectivity index (χ2v) is 4.11. The highest BCUT2D eigenvalue weighted by molar-refractivity contribution is 6.42. The van der Waals surface area contributed by atoms with Gasteiger partial charge in [0, 0.05) is 12.1 Å². The van der Waals surface area contributed by atoms with E-state index in [2.05, 4.69) is 5.32 Å². The third-order valence-electron chi connectivity index (χ3n) is 2.07. The van der Waals surface area contributed by atoms with Gasteiger partial charge in [0.1, 0.15) is 0 Å². The van der Waals surface area contributed by atoms with Gasteiger partial charge in [0.25, 0.3) is 5.91 Å². The number of carbonyl (C=O) groups excluding carboxylic acids is 1. The molecule has 1 aromatic carbocycles. The smallest absolute Gasteiger partial charge is 0.251 e. The van der Waals surface area contributed by atoms with Gasteiger partial charge in [-0.3, -0.25) is 4.79 Å². The molecule has 0 saturated carbocycles. The number of benzene rings is 1. The molecular weight excluding hydrogens is 237 g/mol. The number of carbonyl (C=O) groups is 1. The summed E-state index contributed by atoms with van der Waals surface area (Å²) in [5.74, 6) is -0.163. The zero-order chi connectivity index (χ0) is 10.8. The number of rotatable bonds is 3. The van der Waals surface area contributed by atoms with E-state index >= 15 is 0 Å². The molecule has 0 bridgehead atoms. The molecule has 0 aromatic heterocycles. The number of amides is 1. The van der Waals surface area contributed by atoms with Crippen LogP contribution >= 0.6 is 23.2 Å². The van der Waals surface area contributed by atoms with Crippen molar-refractivity contribution in [1.29, 1.82) is 0 Å². The number of hydrogen-bond donors (Lipinski definition) is 1. The topological polar surface area (TPSA) is 41.6 Å². The first-order chi connectivity index (χ1) is 7.16. The molecule has 0 aliphatic carbocycles. The van der Waals surface area contributed by atoms with Crippen molar-refractivity contribution < 1.29 is 9.53 Å². The van der Waals surface area contributed by atoms with Crippen LogP contribution < -0.4 is 5.32 Å². The lowest BCUT2D eigenvalue weighted by molar-refractivity contribution is 0.0950. The Balaban J connectivity index is 2.00. The van der Waals surface area contributed by atoms with Crippen molar-refractivity contribution in [2.24, 2.45) is 0 Å². The fraction of sp³-hybridized carbons (Fsp3) is 0.300. The van der Waals surface area contributed by atoms with E-state index in [9.17, 15) is 4.79 Å². The van der Waals surface area contributed by atoms with Crippen LogP contribution in [-0.4, -0.2) is 25.2 Å². The summed E-state index contributed by atoms with van der Waals surface area (Å²) in [6.45, 7) is 1.26. The van der Waals surface area contributed by atoms with Gasteiger partial charge in [-0.2, -0.15) is 0 Å². The van der Waals surface area contributed by atoms with Crippen LogP contribution in [0.5, 0.6) is 0 Å². The Hall–Kier alpha value is -0.770. The van der Waals surface area contributed by atoms with Gasteiger partial charge < -0.3 is 10.1 Å². The maximum atomic E-state index is 11.6. The molecule has 80 valence electrons. The van der Waals surface area contributed by atoms with Gasteiger partial charge in [-0.25, -0.2) is 0 Å². The van der Waals surface area contributed by atoms with Crippen LogP contribution in [0.3, 0.4) is 0 Å². The fourth-order valence-corrected chi connectivity index (χ4v) is 1.43. The van der Waals surface area contributed by atoms with Crippen molar-refractivity contribution in [3.8, 4) is 0 Å². The normalized spacial score (nSPS) is 18.7. The highest BCUT2D eigenvalue weighted by Gasteiger charge is 2.22. The van der Waals surface area contributed by atoms with Gasteiger partial charge in [-0.1, -0.05) is 23.2 Å². The first-order valence-electron chi connectivity index (χ1n) is 4.51. The van der Waals surface area contributed by atoms with Crippen LogP contribution in [0, 0.1) is 0 Å². The second kappa shape index (κ2) is 4.39. The summed E-state index contributed by atoms with van der Waals surface area (Å²) in [6, 6.07) is 4.79. The van der Waals surface area contributed by atoms with Crippen molar-refractivity contribution in [1.82, 2.24) is 5.32 Å². The lowest BCUT2D eigenvalue weighted by Crippen LogP contribution is -2.27. The van der Waals surface area contributed by atoms with Gasteiger partial charge >= 0.3 is 0 Å². The number of hydrogen-bond acceptors (Lipinski definition) is 2. The lowest BCUT2D eigenvalue weighted by Gasteiger charge is -2.04. The minimum atomic E-state index is -0.163. The van der Waals surface area contributed by atoms with Crippen LogP contribution in [0.2, 0.25) is 10.0 Å². The van der Waals surface area contributed by atoms with Gasteiger partial charge in [0.15, 0.2) is 0 Å². The van der Waals surface area contributed by atoms with Crippen LogP contribution in [0.4, 0.5) is 0 Å². The quantitative estimate of drug-likeness (QED) is 0.830. The van der Waals surface area contributed by atoms with E-state index < -0.39 is 0 Å².